The van der Waals surface area contributed by atoms with Crippen molar-refractivity contribution in [3.05, 3.63) is 35.2 Å². The minimum absolute atomic E-state index is 0.751. The van der Waals surface area contributed by atoms with Gasteiger partial charge in [-0.25, -0.2) is 10.8 Å². The van der Waals surface area contributed by atoms with Crippen molar-refractivity contribution < 1.29 is 0 Å². The Kier molecular flexibility index (Phi) is 2.47. The summed E-state index contributed by atoms with van der Waals surface area (Å²) < 4.78 is 0. The number of thiazole rings is 1. The highest BCUT2D eigenvalue weighted by atomic mass is 32.1. The first kappa shape index (κ1) is 9.18. The molecule has 1 aromatic heterocycles. The van der Waals surface area contributed by atoms with E-state index in [0.717, 1.165) is 16.4 Å². The summed E-state index contributed by atoms with van der Waals surface area (Å²) in [6, 6.07) is 10.1. The van der Waals surface area contributed by atoms with E-state index in [0.29, 0.717) is 0 Å². The smallest absolute Gasteiger partial charge is 0.197 e. The van der Waals surface area contributed by atoms with Crippen LogP contribution in [-0.2, 0) is 0 Å². The zero-order valence-corrected chi connectivity index (χ0v) is 8.64. The third-order valence-electron chi connectivity index (χ3n) is 1.97. The summed E-state index contributed by atoms with van der Waals surface area (Å²) >= 11 is 1.56. The molecule has 0 saturated carbocycles. The van der Waals surface area contributed by atoms with Crippen LogP contribution in [0, 0.1) is 6.92 Å². The second-order valence-corrected chi connectivity index (χ2v) is 4.14. The molecule has 2 aromatic rings. The quantitative estimate of drug-likeness (QED) is 0.584. The number of hydrogen-bond donors (Lipinski definition) is 2. The van der Waals surface area contributed by atoms with Gasteiger partial charge in [0.15, 0.2) is 5.13 Å². The lowest BCUT2D eigenvalue weighted by molar-refractivity contribution is 1.28. The minimum Gasteiger partial charge on any atom is -0.300 e. The van der Waals surface area contributed by atoms with Crippen LogP contribution in [0.25, 0.3) is 11.3 Å². The fourth-order valence-electron chi connectivity index (χ4n) is 1.32. The van der Waals surface area contributed by atoms with Crippen molar-refractivity contribution in [2.45, 2.75) is 6.92 Å². The van der Waals surface area contributed by atoms with Crippen molar-refractivity contribution in [3.63, 3.8) is 0 Å². The predicted octanol–water partition coefficient (Wildman–Crippen LogP) is 2.40. The van der Waals surface area contributed by atoms with Crippen LogP contribution in [0.4, 0.5) is 5.13 Å². The number of nitrogen functional groups attached to an aromatic ring is 1. The molecule has 0 atom stereocenters. The molecule has 3 nitrogen and oxygen atoms in total. The molecule has 0 amide bonds. The normalized spacial score (nSPS) is 10.1. The number of rotatable bonds is 2. The van der Waals surface area contributed by atoms with Gasteiger partial charge in [-0.1, -0.05) is 30.3 Å². The van der Waals surface area contributed by atoms with Crippen LogP contribution in [0.1, 0.15) is 4.88 Å². The zero-order valence-electron chi connectivity index (χ0n) is 7.82. The largest absolute Gasteiger partial charge is 0.300 e. The molecule has 0 fully saturated rings. The van der Waals surface area contributed by atoms with E-state index in [4.69, 9.17) is 5.84 Å². The van der Waals surface area contributed by atoms with Crippen molar-refractivity contribution >= 4 is 16.5 Å². The Hall–Kier alpha value is -1.39. The van der Waals surface area contributed by atoms with Crippen molar-refractivity contribution in [2.24, 2.45) is 5.84 Å². The number of anilines is 1. The van der Waals surface area contributed by atoms with Crippen LogP contribution in [0.2, 0.25) is 0 Å². The maximum absolute atomic E-state index is 5.31. The molecule has 3 N–H and O–H groups in total. The molecule has 14 heavy (non-hydrogen) atoms. The van der Waals surface area contributed by atoms with E-state index >= 15 is 0 Å². The summed E-state index contributed by atoms with van der Waals surface area (Å²) in [5.74, 6) is 5.31. The number of hydrazine groups is 1. The van der Waals surface area contributed by atoms with Crippen LogP contribution in [0.15, 0.2) is 30.3 Å². The number of aromatic nitrogens is 1. The van der Waals surface area contributed by atoms with Crippen LogP contribution in [0.3, 0.4) is 0 Å². The number of aryl methyl sites for hydroxylation is 1. The van der Waals surface area contributed by atoms with Gasteiger partial charge in [-0.3, -0.25) is 5.43 Å². The van der Waals surface area contributed by atoms with E-state index in [1.165, 1.54) is 4.88 Å². The van der Waals surface area contributed by atoms with Gasteiger partial charge in [0, 0.05) is 10.4 Å². The zero-order chi connectivity index (χ0) is 9.97. The van der Waals surface area contributed by atoms with Gasteiger partial charge >= 0.3 is 0 Å². The predicted molar refractivity (Wildman–Crippen MR) is 60.1 cm³/mol. The number of nitrogens with two attached hydrogens (primary N) is 1. The monoisotopic (exact) mass is 205 g/mol. The average molecular weight is 205 g/mol. The van der Waals surface area contributed by atoms with Gasteiger partial charge in [-0.15, -0.1) is 11.3 Å². The Balaban J connectivity index is 2.46. The standard InChI is InChI=1S/C10H11N3S/c1-7-9(12-10(13-11)14-7)8-5-3-2-4-6-8/h2-6H,11H2,1H3,(H,12,13). The Morgan fingerprint density at radius 1 is 1.29 bits per heavy atom. The highest BCUT2D eigenvalue weighted by molar-refractivity contribution is 7.15. The molecule has 2 rings (SSSR count). The molecular formula is C10H11N3S. The van der Waals surface area contributed by atoms with Gasteiger partial charge in [0.25, 0.3) is 0 Å². The number of nitrogens with zero attached hydrogens (tertiary/aromatic N) is 1. The summed E-state index contributed by atoms with van der Waals surface area (Å²) in [6.45, 7) is 2.04. The summed E-state index contributed by atoms with van der Waals surface area (Å²) in [7, 11) is 0. The van der Waals surface area contributed by atoms with E-state index in [9.17, 15) is 0 Å². The van der Waals surface area contributed by atoms with E-state index in [-0.39, 0.29) is 0 Å². The second-order valence-electron chi connectivity index (χ2n) is 2.93. The number of benzene rings is 1. The maximum Gasteiger partial charge on any atom is 0.197 e. The number of hydrogen-bond acceptors (Lipinski definition) is 4. The third kappa shape index (κ3) is 1.62. The number of nitrogens with one attached hydrogen (secondary N) is 1. The van der Waals surface area contributed by atoms with Crippen molar-refractivity contribution in [2.75, 3.05) is 5.43 Å². The topological polar surface area (TPSA) is 50.9 Å². The Labute approximate surface area is 86.6 Å². The Bertz CT molecular complexity index is 422. The molecule has 72 valence electrons. The summed E-state index contributed by atoms with van der Waals surface area (Å²) in [6.07, 6.45) is 0. The van der Waals surface area contributed by atoms with Crippen LogP contribution in [0.5, 0.6) is 0 Å². The molecule has 0 spiro atoms. The van der Waals surface area contributed by atoms with Crippen molar-refractivity contribution in [3.8, 4) is 11.3 Å². The van der Waals surface area contributed by atoms with Crippen LogP contribution in [-0.4, -0.2) is 4.98 Å². The lowest BCUT2D eigenvalue weighted by atomic mass is 10.1. The highest BCUT2D eigenvalue weighted by Gasteiger charge is 2.07. The minimum atomic E-state index is 0.751. The van der Waals surface area contributed by atoms with Crippen molar-refractivity contribution in [1.82, 2.24) is 4.98 Å². The van der Waals surface area contributed by atoms with Crippen LogP contribution < -0.4 is 11.3 Å². The van der Waals surface area contributed by atoms with Gasteiger partial charge in [0.2, 0.25) is 0 Å². The average Bonchev–Trinajstić information content (AvgIpc) is 2.61. The lowest BCUT2D eigenvalue weighted by Crippen LogP contribution is -2.05. The molecule has 0 aliphatic carbocycles. The molecular weight excluding hydrogens is 194 g/mol. The molecule has 1 heterocycles. The first-order valence-corrected chi connectivity index (χ1v) is 5.12. The fraction of sp³-hybridized carbons (Fsp3) is 0.100. The van der Waals surface area contributed by atoms with Gasteiger partial charge in [0.1, 0.15) is 0 Å². The molecule has 0 saturated heterocycles. The van der Waals surface area contributed by atoms with E-state index in [1.807, 2.05) is 37.3 Å². The Morgan fingerprint density at radius 2 is 2.00 bits per heavy atom. The molecule has 0 unspecified atom stereocenters. The fourth-order valence-corrected chi connectivity index (χ4v) is 2.07. The molecule has 1 aromatic carbocycles. The molecule has 0 radical (unpaired) electrons. The second kappa shape index (κ2) is 3.77. The third-order valence-corrected chi connectivity index (χ3v) is 2.87. The maximum atomic E-state index is 5.31. The van der Waals surface area contributed by atoms with Crippen LogP contribution >= 0.6 is 11.3 Å². The van der Waals surface area contributed by atoms with Gasteiger partial charge in [-0.2, -0.15) is 0 Å². The molecule has 0 bridgehead atoms. The highest BCUT2D eigenvalue weighted by Crippen LogP contribution is 2.29. The Morgan fingerprint density at radius 3 is 2.57 bits per heavy atom. The van der Waals surface area contributed by atoms with E-state index in [2.05, 4.69) is 10.4 Å². The first-order chi connectivity index (χ1) is 6.81. The SMILES string of the molecule is Cc1sc(NN)nc1-c1ccccc1. The molecule has 0 aliphatic rings. The van der Waals surface area contributed by atoms with Gasteiger partial charge in [0.05, 0.1) is 5.69 Å². The van der Waals surface area contributed by atoms with E-state index < -0.39 is 0 Å². The summed E-state index contributed by atoms with van der Waals surface area (Å²) in [5.41, 5.74) is 4.70. The van der Waals surface area contributed by atoms with Gasteiger partial charge < -0.3 is 0 Å². The van der Waals surface area contributed by atoms with Crippen molar-refractivity contribution in [1.29, 1.82) is 0 Å². The van der Waals surface area contributed by atoms with E-state index in [1.54, 1.807) is 11.3 Å². The lowest BCUT2D eigenvalue weighted by Gasteiger charge is -1.96. The molecule has 0 aliphatic heterocycles. The van der Waals surface area contributed by atoms with Gasteiger partial charge in [-0.05, 0) is 6.92 Å². The molecule has 4 heteroatoms. The summed E-state index contributed by atoms with van der Waals surface area (Å²) in [4.78, 5) is 5.55. The summed E-state index contributed by atoms with van der Waals surface area (Å²) in [5, 5.41) is 0.751. The first-order valence-electron chi connectivity index (χ1n) is 4.30.